The number of hydrogen-bond donors (Lipinski definition) is 1. The summed E-state index contributed by atoms with van der Waals surface area (Å²) >= 11 is 0. The van der Waals surface area contributed by atoms with Crippen LogP contribution in [0, 0.1) is 51.8 Å². The van der Waals surface area contributed by atoms with Crippen LogP contribution >= 0.6 is 0 Å². The second-order valence-corrected chi connectivity index (χ2v) is 11.2. The van der Waals surface area contributed by atoms with E-state index in [1.165, 1.54) is 5.57 Å². The molecule has 158 valence electrons. The first-order valence-electron chi connectivity index (χ1n) is 11.3. The Hall–Kier alpha value is -1.65. The van der Waals surface area contributed by atoms with Gasteiger partial charge in [0.05, 0.1) is 17.3 Å². The summed E-state index contributed by atoms with van der Waals surface area (Å²) < 4.78 is 5.20. The lowest BCUT2D eigenvalue weighted by Crippen LogP contribution is -2.65. The van der Waals surface area contributed by atoms with Gasteiger partial charge in [-0.2, -0.15) is 0 Å². The first-order valence-corrected chi connectivity index (χ1v) is 11.3. The van der Waals surface area contributed by atoms with Crippen LogP contribution in [0.25, 0.3) is 0 Å². The molecular weight excluding hydrogens is 368 g/mol. The second kappa shape index (κ2) is 5.73. The molecule has 0 aromatic rings. The van der Waals surface area contributed by atoms with Crippen molar-refractivity contribution < 1.29 is 24.2 Å². The van der Waals surface area contributed by atoms with Crippen LogP contribution < -0.4 is 0 Å². The highest BCUT2D eigenvalue weighted by atomic mass is 16.6. The summed E-state index contributed by atoms with van der Waals surface area (Å²) in [6.07, 6.45) is 7.48. The predicted octanol–water partition coefficient (Wildman–Crippen LogP) is 4.21. The average Bonchev–Trinajstić information content (AvgIpc) is 2.97. The maximum Gasteiger partial charge on any atom is 0.318 e. The second-order valence-electron chi connectivity index (χ2n) is 11.2. The number of aliphatic carboxylic acids is 1. The third kappa shape index (κ3) is 2.14. The smallest absolute Gasteiger partial charge is 0.318 e. The molecule has 0 unspecified atom stereocenters. The van der Waals surface area contributed by atoms with Gasteiger partial charge in [-0.1, -0.05) is 38.8 Å². The Morgan fingerprint density at radius 2 is 1.86 bits per heavy atom. The molecule has 0 aromatic carbocycles. The highest BCUT2D eigenvalue weighted by Crippen LogP contribution is 2.74. The number of allylic oxidation sites excluding steroid dienone is 2. The Morgan fingerprint density at radius 3 is 2.52 bits per heavy atom. The molecule has 1 N–H and O–H groups in total. The fraction of sp³-hybridized carbons (Fsp3) is 0.792. The topological polar surface area (TPSA) is 80.7 Å². The van der Waals surface area contributed by atoms with Crippen LogP contribution in [0.15, 0.2) is 11.6 Å². The van der Waals surface area contributed by atoms with Crippen molar-refractivity contribution in [3.63, 3.8) is 0 Å². The Bertz CT molecular complexity index is 842. The van der Waals surface area contributed by atoms with Crippen molar-refractivity contribution in [2.45, 2.75) is 66.2 Å². The Balaban J connectivity index is 1.67. The fourth-order valence-corrected chi connectivity index (χ4v) is 8.76. The molecule has 8 atom stereocenters. The number of fused-ring (bicyclic) bond motifs is 1. The molecule has 0 amide bonds. The predicted molar refractivity (Wildman–Crippen MR) is 105 cm³/mol. The molecule has 1 aliphatic heterocycles. The van der Waals surface area contributed by atoms with E-state index >= 15 is 0 Å². The summed E-state index contributed by atoms with van der Waals surface area (Å²) in [7, 11) is 0. The summed E-state index contributed by atoms with van der Waals surface area (Å²) in [6, 6.07) is 0. The van der Waals surface area contributed by atoms with E-state index in [0.717, 1.165) is 38.5 Å². The molecule has 0 aromatic heterocycles. The van der Waals surface area contributed by atoms with Crippen LogP contribution in [-0.2, 0) is 19.1 Å². The van der Waals surface area contributed by atoms with Gasteiger partial charge in [-0.15, -0.1) is 0 Å². The minimum absolute atomic E-state index is 0.0550. The standard InChI is InChI=1S/C24H32O5/c1-12(2)14-11-24-9-6-15-22(3,7-5-8-23(15,4)21(27)28)16(24)10-13(14)17-18(24)20(26)29-19(17)25/h11-13,15-18H,5-10H2,1-4H3,(H,27,28)/t13-,15-,16-,17-,18+,22+,23-,24+/m1/s1. The summed E-state index contributed by atoms with van der Waals surface area (Å²) in [5, 5.41) is 10.1. The van der Waals surface area contributed by atoms with E-state index < -0.39 is 11.4 Å². The van der Waals surface area contributed by atoms with Gasteiger partial charge in [0.2, 0.25) is 0 Å². The largest absolute Gasteiger partial charge is 0.481 e. The number of carboxylic acids is 1. The zero-order chi connectivity index (χ0) is 20.9. The van der Waals surface area contributed by atoms with Crippen molar-refractivity contribution in [2.75, 3.05) is 0 Å². The Kier molecular flexibility index (Phi) is 3.82. The van der Waals surface area contributed by atoms with Crippen LogP contribution in [-0.4, -0.2) is 23.0 Å². The molecule has 5 aliphatic carbocycles. The van der Waals surface area contributed by atoms with Crippen LogP contribution in [0.3, 0.4) is 0 Å². The lowest BCUT2D eigenvalue weighted by atomic mass is 9.34. The lowest BCUT2D eigenvalue weighted by Gasteiger charge is -2.68. The number of rotatable bonds is 2. The van der Waals surface area contributed by atoms with Crippen molar-refractivity contribution in [2.24, 2.45) is 51.8 Å². The molecular formula is C24H32O5. The van der Waals surface area contributed by atoms with Gasteiger partial charge in [0.1, 0.15) is 0 Å². The summed E-state index contributed by atoms with van der Waals surface area (Å²) in [5.74, 6) is -1.33. The fourth-order valence-electron chi connectivity index (χ4n) is 8.76. The summed E-state index contributed by atoms with van der Waals surface area (Å²) in [6.45, 7) is 8.56. The molecule has 3 saturated carbocycles. The van der Waals surface area contributed by atoms with E-state index in [2.05, 4.69) is 26.8 Å². The number of carboxylic acid groups (broad SMARTS) is 1. The Morgan fingerprint density at radius 1 is 1.14 bits per heavy atom. The van der Waals surface area contributed by atoms with E-state index in [0.29, 0.717) is 5.92 Å². The average molecular weight is 401 g/mol. The lowest BCUT2D eigenvalue weighted by molar-refractivity contribution is -0.195. The summed E-state index contributed by atoms with van der Waals surface area (Å²) in [4.78, 5) is 37.8. The van der Waals surface area contributed by atoms with Gasteiger partial charge < -0.3 is 9.84 Å². The van der Waals surface area contributed by atoms with E-state index in [4.69, 9.17) is 4.74 Å². The number of cyclic esters (lactones) is 2. The van der Waals surface area contributed by atoms with Crippen molar-refractivity contribution in [1.82, 2.24) is 0 Å². The molecule has 0 radical (unpaired) electrons. The zero-order valence-electron chi connectivity index (χ0n) is 17.9. The van der Waals surface area contributed by atoms with Crippen LogP contribution in [0.5, 0.6) is 0 Å². The van der Waals surface area contributed by atoms with E-state index in [-0.39, 0.29) is 52.4 Å². The van der Waals surface area contributed by atoms with Crippen molar-refractivity contribution in [3.8, 4) is 0 Å². The Labute approximate surface area is 172 Å². The zero-order valence-corrected chi connectivity index (χ0v) is 17.9. The van der Waals surface area contributed by atoms with Crippen molar-refractivity contribution in [3.05, 3.63) is 11.6 Å². The number of carbonyl (C=O) groups excluding carboxylic acids is 2. The van der Waals surface area contributed by atoms with Crippen molar-refractivity contribution in [1.29, 1.82) is 0 Å². The molecule has 1 heterocycles. The highest BCUT2D eigenvalue weighted by molar-refractivity contribution is 5.98. The molecule has 29 heavy (non-hydrogen) atoms. The first-order chi connectivity index (χ1) is 13.6. The molecule has 5 nitrogen and oxygen atoms in total. The van der Waals surface area contributed by atoms with Gasteiger partial charge >= 0.3 is 17.9 Å². The number of hydrogen-bond acceptors (Lipinski definition) is 4. The van der Waals surface area contributed by atoms with Crippen LogP contribution in [0.1, 0.15) is 66.2 Å². The van der Waals surface area contributed by atoms with Gasteiger partial charge in [-0.05, 0) is 68.1 Å². The van der Waals surface area contributed by atoms with Crippen molar-refractivity contribution >= 4 is 17.9 Å². The first kappa shape index (κ1) is 19.3. The quantitative estimate of drug-likeness (QED) is 0.427. The molecule has 6 rings (SSSR count). The molecule has 6 aliphatic rings. The minimum Gasteiger partial charge on any atom is -0.481 e. The van der Waals surface area contributed by atoms with Gasteiger partial charge in [0, 0.05) is 5.41 Å². The van der Waals surface area contributed by atoms with E-state index in [9.17, 15) is 19.5 Å². The third-order valence-electron chi connectivity index (χ3n) is 9.89. The highest BCUT2D eigenvalue weighted by Gasteiger charge is 2.73. The van der Waals surface area contributed by atoms with Gasteiger partial charge in [0.25, 0.3) is 0 Å². The third-order valence-corrected chi connectivity index (χ3v) is 9.89. The van der Waals surface area contributed by atoms with Gasteiger partial charge in [-0.25, -0.2) is 0 Å². The van der Waals surface area contributed by atoms with Crippen LogP contribution in [0.4, 0.5) is 0 Å². The number of carbonyl (C=O) groups is 3. The maximum absolute atomic E-state index is 12.9. The van der Waals surface area contributed by atoms with Gasteiger partial charge in [-0.3, -0.25) is 14.4 Å². The van der Waals surface area contributed by atoms with Gasteiger partial charge in [0.15, 0.2) is 0 Å². The van der Waals surface area contributed by atoms with Crippen LogP contribution in [0.2, 0.25) is 0 Å². The number of ether oxygens (including phenoxy) is 1. The molecule has 4 fully saturated rings. The molecule has 1 spiro atoms. The van der Waals surface area contributed by atoms with E-state index in [1.54, 1.807) is 0 Å². The minimum atomic E-state index is -0.707. The normalized spacial score (nSPS) is 50.5. The maximum atomic E-state index is 12.9. The monoisotopic (exact) mass is 400 g/mol. The molecule has 2 bridgehead atoms. The molecule has 1 saturated heterocycles. The molecule has 5 heteroatoms. The number of esters is 2. The van der Waals surface area contributed by atoms with E-state index in [1.807, 2.05) is 6.92 Å². The SMILES string of the molecule is CC(C)C1=C[C@@]23CC[C@@H]4[C@](C)(CCC[C@@]4(C)C(=O)O)[C@H]2C[C@H]1[C@H]1C(=O)OC(=O)[C@H]13. The summed E-state index contributed by atoms with van der Waals surface area (Å²) in [5.41, 5.74) is 0.122.